The molecule has 2 aromatic rings. The molecular formula is C16H21N3OS. The highest BCUT2D eigenvalue weighted by Gasteiger charge is 2.33. The van der Waals surface area contributed by atoms with Crippen LogP contribution in [0.3, 0.4) is 0 Å². The zero-order valence-corrected chi connectivity index (χ0v) is 13.3. The maximum Gasteiger partial charge on any atom is 0.232 e. The first-order valence-corrected chi connectivity index (χ1v) is 8.65. The molecule has 0 bridgehead atoms. The molecule has 1 aliphatic heterocycles. The third-order valence-corrected chi connectivity index (χ3v) is 5.00. The van der Waals surface area contributed by atoms with Gasteiger partial charge in [-0.15, -0.1) is 0 Å². The van der Waals surface area contributed by atoms with Crippen molar-refractivity contribution in [2.24, 2.45) is 0 Å². The summed E-state index contributed by atoms with van der Waals surface area (Å²) >= 11 is 1.95. The Hall–Kier alpha value is -1.33. The van der Waals surface area contributed by atoms with Crippen LogP contribution in [0.2, 0.25) is 0 Å². The molecule has 112 valence electrons. The molecule has 3 rings (SSSR count). The standard InChI is InChI=1S/C16H21N3OS/c1-3-8-17-14-10-21-9-13(14)16-18-15(19-20-16)12-6-4-11(2)5-7-12/h4-7,13-14,17H,3,8-10H2,1-2H3. The predicted molar refractivity (Wildman–Crippen MR) is 86.6 cm³/mol. The molecule has 1 aliphatic rings. The summed E-state index contributed by atoms with van der Waals surface area (Å²) in [6, 6.07) is 8.67. The minimum absolute atomic E-state index is 0.327. The minimum atomic E-state index is 0.327. The summed E-state index contributed by atoms with van der Waals surface area (Å²) in [6.45, 7) is 5.30. The molecule has 0 saturated carbocycles. The van der Waals surface area contributed by atoms with Crippen molar-refractivity contribution in [3.63, 3.8) is 0 Å². The summed E-state index contributed by atoms with van der Waals surface area (Å²) < 4.78 is 5.53. The van der Waals surface area contributed by atoms with Gasteiger partial charge in [0, 0.05) is 23.1 Å². The third kappa shape index (κ3) is 3.30. The lowest BCUT2D eigenvalue weighted by molar-refractivity contribution is 0.339. The van der Waals surface area contributed by atoms with Gasteiger partial charge in [0.1, 0.15) is 0 Å². The number of aromatic nitrogens is 2. The van der Waals surface area contributed by atoms with Crippen LogP contribution in [-0.2, 0) is 0 Å². The van der Waals surface area contributed by atoms with Gasteiger partial charge in [-0.05, 0) is 19.9 Å². The van der Waals surface area contributed by atoms with Gasteiger partial charge in [-0.25, -0.2) is 0 Å². The fourth-order valence-electron chi connectivity index (χ4n) is 2.53. The van der Waals surface area contributed by atoms with E-state index in [1.807, 2.05) is 23.9 Å². The number of hydrogen-bond donors (Lipinski definition) is 1. The molecule has 0 aliphatic carbocycles. The number of thioether (sulfide) groups is 1. The fraction of sp³-hybridized carbons (Fsp3) is 0.500. The van der Waals surface area contributed by atoms with E-state index in [-0.39, 0.29) is 0 Å². The first-order valence-electron chi connectivity index (χ1n) is 7.49. The Bertz CT molecular complexity index is 581. The van der Waals surface area contributed by atoms with E-state index in [2.05, 4.69) is 41.4 Å². The quantitative estimate of drug-likeness (QED) is 0.919. The molecule has 4 nitrogen and oxygen atoms in total. The van der Waals surface area contributed by atoms with Crippen molar-refractivity contribution in [3.05, 3.63) is 35.7 Å². The molecule has 0 spiro atoms. The van der Waals surface area contributed by atoms with Crippen molar-refractivity contribution >= 4 is 11.8 Å². The Labute approximate surface area is 129 Å². The number of hydrogen-bond acceptors (Lipinski definition) is 5. The van der Waals surface area contributed by atoms with E-state index in [0.717, 1.165) is 35.9 Å². The van der Waals surface area contributed by atoms with Crippen LogP contribution in [0.4, 0.5) is 0 Å². The first-order chi connectivity index (χ1) is 10.3. The van der Waals surface area contributed by atoms with Crippen molar-refractivity contribution < 1.29 is 4.52 Å². The molecule has 1 N–H and O–H groups in total. The zero-order chi connectivity index (χ0) is 14.7. The van der Waals surface area contributed by atoms with Crippen LogP contribution in [0, 0.1) is 6.92 Å². The molecule has 1 saturated heterocycles. The average molecular weight is 303 g/mol. The summed E-state index contributed by atoms with van der Waals surface area (Å²) in [4.78, 5) is 4.62. The largest absolute Gasteiger partial charge is 0.339 e. The van der Waals surface area contributed by atoms with Gasteiger partial charge < -0.3 is 9.84 Å². The van der Waals surface area contributed by atoms with Crippen molar-refractivity contribution in [1.82, 2.24) is 15.5 Å². The van der Waals surface area contributed by atoms with Crippen molar-refractivity contribution in [1.29, 1.82) is 0 Å². The second kappa shape index (κ2) is 6.62. The van der Waals surface area contributed by atoms with Gasteiger partial charge in [0.25, 0.3) is 0 Å². The molecule has 0 radical (unpaired) electrons. The number of benzene rings is 1. The summed E-state index contributed by atoms with van der Waals surface area (Å²) in [6.07, 6.45) is 1.15. The van der Waals surface area contributed by atoms with Crippen LogP contribution in [0.25, 0.3) is 11.4 Å². The first kappa shape index (κ1) is 14.6. The maximum absolute atomic E-state index is 5.53. The van der Waals surface area contributed by atoms with Gasteiger partial charge in [-0.2, -0.15) is 16.7 Å². The Morgan fingerprint density at radius 3 is 2.86 bits per heavy atom. The van der Waals surface area contributed by atoms with Crippen molar-refractivity contribution in [3.8, 4) is 11.4 Å². The van der Waals surface area contributed by atoms with E-state index in [4.69, 9.17) is 4.52 Å². The third-order valence-electron chi connectivity index (χ3n) is 3.81. The topological polar surface area (TPSA) is 51.0 Å². The van der Waals surface area contributed by atoms with Gasteiger partial charge in [-0.1, -0.05) is 41.9 Å². The minimum Gasteiger partial charge on any atom is -0.339 e. The average Bonchev–Trinajstić information content (AvgIpc) is 3.14. The van der Waals surface area contributed by atoms with Crippen molar-refractivity contribution in [2.45, 2.75) is 32.2 Å². The molecule has 21 heavy (non-hydrogen) atoms. The number of nitrogens with one attached hydrogen (secondary N) is 1. The molecule has 2 atom stereocenters. The number of nitrogens with zero attached hydrogens (tertiary/aromatic N) is 2. The van der Waals surface area contributed by atoms with Crippen LogP contribution < -0.4 is 5.32 Å². The van der Waals surface area contributed by atoms with Gasteiger partial charge in [0.05, 0.1) is 5.92 Å². The molecule has 2 unspecified atom stereocenters. The van der Waals surface area contributed by atoms with Gasteiger partial charge in [0.15, 0.2) is 0 Å². The molecule has 2 heterocycles. The number of aryl methyl sites for hydroxylation is 1. The molecule has 0 amide bonds. The highest BCUT2D eigenvalue weighted by molar-refractivity contribution is 7.99. The summed E-state index contributed by atoms with van der Waals surface area (Å²) in [5.74, 6) is 3.96. The Morgan fingerprint density at radius 1 is 1.29 bits per heavy atom. The SMILES string of the molecule is CCCNC1CSCC1c1nc(-c2ccc(C)cc2)no1. The van der Waals surface area contributed by atoms with Gasteiger partial charge in [-0.3, -0.25) is 0 Å². The fourth-order valence-corrected chi connectivity index (χ4v) is 3.90. The van der Waals surface area contributed by atoms with Crippen LogP contribution in [0.5, 0.6) is 0 Å². The highest BCUT2D eigenvalue weighted by atomic mass is 32.2. The molecule has 1 aromatic carbocycles. The monoisotopic (exact) mass is 303 g/mol. The predicted octanol–water partition coefficient (Wildman–Crippen LogP) is 3.24. The maximum atomic E-state index is 5.53. The summed E-state index contributed by atoms with van der Waals surface area (Å²) in [5, 5.41) is 7.74. The Kier molecular flexibility index (Phi) is 4.60. The van der Waals surface area contributed by atoms with Crippen LogP contribution in [-0.4, -0.2) is 34.2 Å². The normalized spacial score (nSPS) is 21.8. The lowest BCUT2D eigenvalue weighted by atomic mass is 10.0. The lowest BCUT2D eigenvalue weighted by Gasteiger charge is -2.16. The second-order valence-corrected chi connectivity index (χ2v) is 6.60. The Morgan fingerprint density at radius 2 is 2.10 bits per heavy atom. The summed E-state index contributed by atoms with van der Waals surface area (Å²) in [7, 11) is 0. The Balaban J connectivity index is 1.76. The van der Waals surface area contributed by atoms with Gasteiger partial charge in [0.2, 0.25) is 11.7 Å². The van der Waals surface area contributed by atoms with Crippen LogP contribution >= 0.6 is 11.8 Å². The molecule has 1 aromatic heterocycles. The van der Waals surface area contributed by atoms with E-state index < -0.39 is 0 Å². The number of rotatable bonds is 5. The van der Waals surface area contributed by atoms with E-state index >= 15 is 0 Å². The van der Waals surface area contributed by atoms with Gasteiger partial charge >= 0.3 is 0 Å². The van der Waals surface area contributed by atoms with E-state index in [1.54, 1.807) is 0 Å². The molecular weight excluding hydrogens is 282 g/mol. The van der Waals surface area contributed by atoms with Crippen molar-refractivity contribution in [2.75, 3.05) is 18.1 Å². The van der Waals surface area contributed by atoms with Crippen LogP contribution in [0.1, 0.15) is 30.7 Å². The smallest absolute Gasteiger partial charge is 0.232 e. The highest BCUT2D eigenvalue weighted by Crippen LogP contribution is 2.33. The van der Waals surface area contributed by atoms with E-state index in [1.165, 1.54) is 5.56 Å². The molecule has 5 heteroatoms. The van der Waals surface area contributed by atoms with Crippen LogP contribution in [0.15, 0.2) is 28.8 Å². The van der Waals surface area contributed by atoms with E-state index in [0.29, 0.717) is 17.8 Å². The summed E-state index contributed by atoms with van der Waals surface area (Å²) in [5.41, 5.74) is 2.25. The molecule has 1 fully saturated rings. The lowest BCUT2D eigenvalue weighted by Crippen LogP contribution is -2.34. The second-order valence-electron chi connectivity index (χ2n) is 5.53. The van der Waals surface area contributed by atoms with E-state index in [9.17, 15) is 0 Å². The zero-order valence-electron chi connectivity index (χ0n) is 12.5.